The topological polar surface area (TPSA) is 41.1 Å². The molecule has 0 aliphatic rings. The highest BCUT2D eigenvalue weighted by Crippen LogP contribution is 2.11. The van der Waals surface area contributed by atoms with Crippen molar-refractivity contribution in [2.24, 2.45) is 5.92 Å². The van der Waals surface area contributed by atoms with Crippen LogP contribution in [0.15, 0.2) is 12.4 Å². The summed E-state index contributed by atoms with van der Waals surface area (Å²) in [6, 6.07) is 0.466. The third-order valence-electron chi connectivity index (χ3n) is 2.65. The van der Waals surface area contributed by atoms with Gasteiger partial charge < -0.3 is 10.2 Å². The van der Waals surface area contributed by atoms with Crippen LogP contribution in [-0.2, 0) is 6.54 Å². The smallest absolute Gasteiger partial charge is 0.147 e. The average Bonchev–Trinajstić information content (AvgIpc) is 2.33. The van der Waals surface area contributed by atoms with E-state index < -0.39 is 0 Å². The highest BCUT2D eigenvalue weighted by Gasteiger charge is 2.09. The first-order valence-corrected chi connectivity index (χ1v) is 6.82. The minimum absolute atomic E-state index is 0.466. The van der Waals surface area contributed by atoms with Crippen molar-refractivity contribution in [1.29, 1.82) is 0 Å². The van der Waals surface area contributed by atoms with Gasteiger partial charge in [-0.25, -0.2) is 4.98 Å². The van der Waals surface area contributed by atoms with E-state index in [1.165, 1.54) is 0 Å². The normalized spacial score (nSPS) is 11.3. The lowest BCUT2D eigenvalue weighted by Gasteiger charge is -2.24. The van der Waals surface area contributed by atoms with Gasteiger partial charge in [-0.1, -0.05) is 27.7 Å². The van der Waals surface area contributed by atoms with Crippen LogP contribution < -0.4 is 10.2 Å². The molecular weight excluding hydrogens is 224 g/mol. The van der Waals surface area contributed by atoms with E-state index in [4.69, 9.17) is 0 Å². The van der Waals surface area contributed by atoms with E-state index in [1.54, 1.807) is 0 Å². The summed E-state index contributed by atoms with van der Waals surface area (Å²) in [6.07, 6.45) is 3.69. The molecule has 1 rings (SSSR count). The zero-order valence-electron chi connectivity index (χ0n) is 12.3. The van der Waals surface area contributed by atoms with Crippen LogP contribution >= 0.6 is 0 Å². The number of nitrogens with one attached hydrogen (secondary N) is 1. The van der Waals surface area contributed by atoms with Crippen LogP contribution in [0.3, 0.4) is 0 Å². The third-order valence-corrected chi connectivity index (χ3v) is 2.65. The average molecular weight is 250 g/mol. The van der Waals surface area contributed by atoms with Crippen LogP contribution in [0.5, 0.6) is 0 Å². The SMILES string of the molecule is CCN(CC(C)C)c1cncc(CNC(C)C)n1. The molecule has 0 bridgehead atoms. The zero-order chi connectivity index (χ0) is 13.5. The zero-order valence-corrected chi connectivity index (χ0v) is 12.3. The first-order chi connectivity index (χ1) is 8.52. The molecule has 0 amide bonds. The molecule has 1 heterocycles. The monoisotopic (exact) mass is 250 g/mol. The molecule has 0 fully saturated rings. The molecule has 4 heteroatoms. The van der Waals surface area contributed by atoms with Gasteiger partial charge in [0.25, 0.3) is 0 Å². The predicted molar refractivity (Wildman–Crippen MR) is 76.7 cm³/mol. The molecule has 1 N–H and O–H groups in total. The van der Waals surface area contributed by atoms with Crippen LogP contribution in [0, 0.1) is 5.92 Å². The van der Waals surface area contributed by atoms with Gasteiger partial charge in [-0.3, -0.25) is 4.98 Å². The Balaban J connectivity index is 2.72. The van der Waals surface area contributed by atoms with Crippen molar-refractivity contribution in [2.45, 2.75) is 47.2 Å². The van der Waals surface area contributed by atoms with Gasteiger partial charge in [-0.15, -0.1) is 0 Å². The quantitative estimate of drug-likeness (QED) is 0.807. The lowest BCUT2D eigenvalue weighted by molar-refractivity contribution is 0.577. The Hall–Kier alpha value is -1.16. The fourth-order valence-corrected chi connectivity index (χ4v) is 1.77. The third kappa shape index (κ3) is 5.00. The maximum atomic E-state index is 4.67. The van der Waals surface area contributed by atoms with Gasteiger partial charge in [0.2, 0.25) is 0 Å². The standard InChI is InChI=1S/C14H26N4/c1-6-18(10-11(2)3)14-9-15-7-13(17-14)8-16-12(4)5/h7,9,11-12,16H,6,8,10H2,1-5H3. The lowest BCUT2D eigenvalue weighted by atomic mass is 10.2. The Bertz CT molecular complexity index is 349. The first-order valence-electron chi connectivity index (χ1n) is 6.82. The molecule has 18 heavy (non-hydrogen) atoms. The number of anilines is 1. The highest BCUT2D eigenvalue weighted by molar-refractivity contribution is 5.36. The Morgan fingerprint density at radius 1 is 1.22 bits per heavy atom. The van der Waals surface area contributed by atoms with Crippen molar-refractivity contribution in [3.8, 4) is 0 Å². The molecule has 1 aromatic rings. The number of hydrogen-bond acceptors (Lipinski definition) is 4. The second-order valence-electron chi connectivity index (χ2n) is 5.34. The van der Waals surface area contributed by atoms with E-state index in [9.17, 15) is 0 Å². The van der Waals surface area contributed by atoms with Gasteiger partial charge in [-0.2, -0.15) is 0 Å². The fraction of sp³-hybridized carbons (Fsp3) is 0.714. The maximum absolute atomic E-state index is 4.67. The molecule has 0 aliphatic heterocycles. The Labute approximate surface area is 111 Å². The molecule has 4 nitrogen and oxygen atoms in total. The van der Waals surface area contributed by atoms with E-state index in [-0.39, 0.29) is 0 Å². The van der Waals surface area contributed by atoms with Crippen LogP contribution in [-0.4, -0.2) is 29.1 Å². The van der Waals surface area contributed by atoms with Crippen molar-refractivity contribution in [1.82, 2.24) is 15.3 Å². The van der Waals surface area contributed by atoms with E-state index >= 15 is 0 Å². The van der Waals surface area contributed by atoms with E-state index in [0.29, 0.717) is 12.0 Å². The summed E-state index contributed by atoms with van der Waals surface area (Å²) in [5, 5.41) is 3.37. The van der Waals surface area contributed by atoms with Gasteiger partial charge in [-0.05, 0) is 12.8 Å². The summed E-state index contributed by atoms with van der Waals surface area (Å²) in [5.41, 5.74) is 1.00. The van der Waals surface area contributed by atoms with Gasteiger partial charge in [0.1, 0.15) is 5.82 Å². The molecule has 0 saturated carbocycles. The summed E-state index contributed by atoms with van der Waals surface area (Å²) in [6.45, 7) is 13.6. The summed E-state index contributed by atoms with van der Waals surface area (Å²) in [5.74, 6) is 1.61. The summed E-state index contributed by atoms with van der Waals surface area (Å²) < 4.78 is 0. The van der Waals surface area contributed by atoms with Crippen molar-refractivity contribution >= 4 is 5.82 Å². The minimum Gasteiger partial charge on any atom is -0.355 e. The second-order valence-corrected chi connectivity index (χ2v) is 5.34. The molecular formula is C14H26N4. The van der Waals surface area contributed by atoms with Crippen LogP contribution in [0.1, 0.15) is 40.3 Å². The summed E-state index contributed by atoms with van der Waals surface area (Å²) in [4.78, 5) is 11.2. The van der Waals surface area contributed by atoms with Crippen molar-refractivity contribution in [2.75, 3.05) is 18.0 Å². The Kier molecular flexibility index (Phi) is 6.05. The van der Waals surface area contributed by atoms with Gasteiger partial charge in [0.15, 0.2) is 0 Å². The van der Waals surface area contributed by atoms with E-state index in [1.807, 2.05) is 12.4 Å². The van der Waals surface area contributed by atoms with E-state index in [0.717, 1.165) is 31.1 Å². The van der Waals surface area contributed by atoms with Crippen LogP contribution in [0.2, 0.25) is 0 Å². The molecule has 0 atom stereocenters. The molecule has 0 saturated heterocycles. The second kappa shape index (κ2) is 7.31. The van der Waals surface area contributed by atoms with Crippen molar-refractivity contribution < 1.29 is 0 Å². The molecule has 0 radical (unpaired) electrons. The number of aromatic nitrogens is 2. The summed E-state index contributed by atoms with van der Waals surface area (Å²) in [7, 11) is 0. The number of rotatable bonds is 7. The van der Waals surface area contributed by atoms with Crippen LogP contribution in [0.25, 0.3) is 0 Å². The Morgan fingerprint density at radius 2 is 1.94 bits per heavy atom. The molecule has 0 aliphatic carbocycles. The lowest BCUT2D eigenvalue weighted by Crippen LogP contribution is -2.29. The Morgan fingerprint density at radius 3 is 2.50 bits per heavy atom. The number of hydrogen-bond donors (Lipinski definition) is 1. The first kappa shape index (κ1) is 14.9. The highest BCUT2D eigenvalue weighted by atomic mass is 15.2. The largest absolute Gasteiger partial charge is 0.355 e. The van der Waals surface area contributed by atoms with Gasteiger partial charge in [0.05, 0.1) is 11.9 Å². The van der Waals surface area contributed by atoms with Crippen molar-refractivity contribution in [3.63, 3.8) is 0 Å². The molecule has 0 spiro atoms. The molecule has 0 unspecified atom stereocenters. The van der Waals surface area contributed by atoms with Gasteiger partial charge >= 0.3 is 0 Å². The minimum atomic E-state index is 0.466. The molecule has 0 aromatic carbocycles. The molecule has 1 aromatic heterocycles. The maximum Gasteiger partial charge on any atom is 0.147 e. The summed E-state index contributed by atoms with van der Waals surface area (Å²) >= 11 is 0. The molecule has 102 valence electrons. The predicted octanol–water partition coefficient (Wildman–Crippen LogP) is 2.46. The van der Waals surface area contributed by atoms with Crippen molar-refractivity contribution in [3.05, 3.63) is 18.1 Å². The number of nitrogens with zero attached hydrogens (tertiary/aromatic N) is 3. The van der Waals surface area contributed by atoms with Crippen LogP contribution in [0.4, 0.5) is 5.82 Å². The van der Waals surface area contributed by atoms with E-state index in [2.05, 4.69) is 54.8 Å². The fourth-order valence-electron chi connectivity index (χ4n) is 1.77. The van der Waals surface area contributed by atoms with Gasteiger partial charge in [0, 0.05) is 31.9 Å².